The summed E-state index contributed by atoms with van der Waals surface area (Å²) in [7, 11) is 0. The molecule has 1 rings (SSSR count). The zero-order chi connectivity index (χ0) is 8.27. The lowest BCUT2D eigenvalue weighted by Gasteiger charge is -2.01. The van der Waals surface area contributed by atoms with E-state index in [4.69, 9.17) is 4.84 Å². The van der Waals surface area contributed by atoms with Crippen molar-refractivity contribution >= 4 is 5.91 Å². The molecule has 1 aliphatic rings. The van der Waals surface area contributed by atoms with Crippen molar-refractivity contribution in [3.05, 3.63) is 0 Å². The van der Waals surface area contributed by atoms with Gasteiger partial charge in [-0.3, -0.25) is 9.63 Å². The molecule has 0 heterocycles. The number of hydrogen-bond donors (Lipinski definition) is 1. The molecule has 0 aromatic heterocycles. The van der Waals surface area contributed by atoms with Crippen LogP contribution in [0.2, 0.25) is 0 Å². The molecule has 2 unspecified atom stereocenters. The summed E-state index contributed by atoms with van der Waals surface area (Å²) >= 11 is 0. The molecule has 1 aliphatic carbocycles. The van der Waals surface area contributed by atoms with Crippen molar-refractivity contribution in [3.8, 4) is 0 Å². The first kappa shape index (κ1) is 8.53. The summed E-state index contributed by atoms with van der Waals surface area (Å²) in [4.78, 5) is 15.9. The van der Waals surface area contributed by atoms with Gasteiger partial charge in [0, 0.05) is 5.92 Å². The molecule has 3 heteroatoms. The summed E-state index contributed by atoms with van der Waals surface area (Å²) in [6.07, 6.45) is 2.14. The summed E-state index contributed by atoms with van der Waals surface area (Å²) in [6, 6.07) is 0. The van der Waals surface area contributed by atoms with E-state index >= 15 is 0 Å². The van der Waals surface area contributed by atoms with Gasteiger partial charge in [0.1, 0.15) is 0 Å². The van der Waals surface area contributed by atoms with Gasteiger partial charge < -0.3 is 0 Å². The third kappa shape index (κ3) is 2.19. The van der Waals surface area contributed by atoms with Crippen LogP contribution in [0.1, 0.15) is 26.7 Å². The number of nitrogens with one attached hydrogen (secondary N) is 1. The van der Waals surface area contributed by atoms with Crippen LogP contribution in [0.3, 0.4) is 0 Å². The van der Waals surface area contributed by atoms with Gasteiger partial charge in [0.15, 0.2) is 0 Å². The first-order chi connectivity index (χ1) is 5.29. The van der Waals surface area contributed by atoms with Crippen LogP contribution in [0.5, 0.6) is 0 Å². The van der Waals surface area contributed by atoms with E-state index in [0.29, 0.717) is 12.5 Å². The number of carbonyl (C=O) groups is 1. The SMILES string of the molecule is CCONC(=O)C1CC1CC. The monoisotopic (exact) mass is 157 g/mol. The Morgan fingerprint density at radius 2 is 2.36 bits per heavy atom. The second-order valence-corrected chi connectivity index (χ2v) is 2.91. The molecule has 0 aromatic rings. The number of hydrogen-bond acceptors (Lipinski definition) is 2. The normalized spacial score (nSPS) is 28.2. The summed E-state index contributed by atoms with van der Waals surface area (Å²) < 4.78 is 0. The van der Waals surface area contributed by atoms with E-state index in [1.54, 1.807) is 0 Å². The molecule has 1 N–H and O–H groups in total. The van der Waals surface area contributed by atoms with Gasteiger partial charge in [-0.25, -0.2) is 5.48 Å². The topological polar surface area (TPSA) is 38.3 Å². The Morgan fingerprint density at radius 3 is 2.82 bits per heavy atom. The largest absolute Gasteiger partial charge is 0.274 e. The van der Waals surface area contributed by atoms with Crippen molar-refractivity contribution in [1.29, 1.82) is 0 Å². The highest BCUT2D eigenvalue weighted by molar-refractivity contribution is 5.80. The Kier molecular flexibility index (Phi) is 2.88. The second kappa shape index (κ2) is 3.72. The maximum absolute atomic E-state index is 11.1. The molecule has 1 saturated carbocycles. The average Bonchev–Trinajstić information content (AvgIpc) is 2.78. The lowest BCUT2D eigenvalue weighted by atomic mass is 10.2. The molecule has 3 nitrogen and oxygen atoms in total. The summed E-state index contributed by atoms with van der Waals surface area (Å²) in [5, 5.41) is 0. The zero-order valence-electron chi connectivity index (χ0n) is 7.09. The van der Waals surface area contributed by atoms with E-state index in [1.165, 1.54) is 0 Å². The molecule has 11 heavy (non-hydrogen) atoms. The first-order valence-corrected chi connectivity index (χ1v) is 4.21. The van der Waals surface area contributed by atoms with Crippen LogP contribution in [-0.4, -0.2) is 12.5 Å². The predicted octanol–water partition coefficient (Wildman–Crippen LogP) is 1.10. The van der Waals surface area contributed by atoms with Crippen LogP contribution in [0, 0.1) is 11.8 Å². The van der Waals surface area contributed by atoms with Crippen LogP contribution < -0.4 is 5.48 Å². The van der Waals surface area contributed by atoms with E-state index < -0.39 is 0 Å². The third-order valence-corrected chi connectivity index (χ3v) is 2.10. The lowest BCUT2D eigenvalue weighted by Crippen LogP contribution is -2.25. The van der Waals surface area contributed by atoms with Crippen molar-refractivity contribution in [1.82, 2.24) is 5.48 Å². The molecular formula is C8H15NO2. The van der Waals surface area contributed by atoms with Gasteiger partial charge in [-0.05, 0) is 19.3 Å². The van der Waals surface area contributed by atoms with E-state index in [-0.39, 0.29) is 11.8 Å². The molecule has 0 radical (unpaired) electrons. The lowest BCUT2D eigenvalue weighted by molar-refractivity contribution is -0.134. The Labute approximate surface area is 67.1 Å². The third-order valence-electron chi connectivity index (χ3n) is 2.10. The standard InChI is InChI=1S/C8H15NO2/c1-3-6-5-7(6)8(10)9-11-4-2/h6-7H,3-5H2,1-2H3,(H,9,10). The van der Waals surface area contributed by atoms with Gasteiger partial charge >= 0.3 is 0 Å². The number of rotatable bonds is 4. The van der Waals surface area contributed by atoms with Gasteiger partial charge in [-0.1, -0.05) is 13.3 Å². The minimum absolute atomic E-state index is 0.0544. The Morgan fingerprint density at radius 1 is 1.64 bits per heavy atom. The minimum Gasteiger partial charge on any atom is -0.274 e. The van der Waals surface area contributed by atoms with Gasteiger partial charge in [0.2, 0.25) is 5.91 Å². The number of amides is 1. The summed E-state index contributed by atoms with van der Waals surface area (Å²) in [5.41, 5.74) is 2.42. The molecule has 64 valence electrons. The van der Waals surface area contributed by atoms with Gasteiger partial charge in [-0.15, -0.1) is 0 Å². The fourth-order valence-corrected chi connectivity index (χ4v) is 1.24. The van der Waals surface area contributed by atoms with Crippen LogP contribution in [0.15, 0.2) is 0 Å². The highest BCUT2D eigenvalue weighted by Crippen LogP contribution is 2.40. The van der Waals surface area contributed by atoms with Gasteiger partial charge in [0.25, 0.3) is 0 Å². The molecule has 0 aliphatic heterocycles. The Bertz CT molecular complexity index is 147. The number of carbonyl (C=O) groups excluding carboxylic acids is 1. The Hall–Kier alpha value is -0.570. The molecule has 1 fully saturated rings. The quantitative estimate of drug-likeness (QED) is 0.620. The van der Waals surface area contributed by atoms with Crippen LogP contribution in [-0.2, 0) is 9.63 Å². The highest BCUT2D eigenvalue weighted by atomic mass is 16.6. The highest BCUT2D eigenvalue weighted by Gasteiger charge is 2.41. The van der Waals surface area contributed by atoms with Crippen LogP contribution >= 0.6 is 0 Å². The number of hydroxylamine groups is 1. The molecule has 1 amide bonds. The average molecular weight is 157 g/mol. The van der Waals surface area contributed by atoms with Crippen molar-refractivity contribution in [2.45, 2.75) is 26.7 Å². The maximum atomic E-state index is 11.1. The smallest absolute Gasteiger partial charge is 0.246 e. The molecule has 0 saturated heterocycles. The van der Waals surface area contributed by atoms with Crippen molar-refractivity contribution in [3.63, 3.8) is 0 Å². The minimum atomic E-state index is 0.0544. The molecule has 0 spiro atoms. The first-order valence-electron chi connectivity index (χ1n) is 4.21. The zero-order valence-corrected chi connectivity index (χ0v) is 7.09. The fraction of sp³-hybridized carbons (Fsp3) is 0.875. The summed E-state index contributed by atoms with van der Waals surface area (Å²) in [6.45, 7) is 4.50. The molecule has 0 bridgehead atoms. The van der Waals surface area contributed by atoms with Crippen LogP contribution in [0.4, 0.5) is 0 Å². The molecule has 2 atom stereocenters. The molecule has 0 aromatic carbocycles. The maximum Gasteiger partial charge on any atom is 0.246 e. The van der Waals surface area contributed by atoms with E-state index in [1.807, 2.05) is 6.92 Å². The molecular weight excluding hydrogens is 142 g/mol. The van der Waals surface area contributed by atoms with Crippen molar-refractivity contribution in [2.24, 2.45) is 11.8 Å². The Balaban J connectivity index is 2.12. The van der Waals surface area contributed by atoms with Gasteiger partial charge in [0.05, 0.1) is 6.61 Å². The summed E-state index contributed by atoms with van der Waals surface area (Å²) in [5.74, 6) is 0.890. The van der Waals surface area contributed by atoms with Crippen molar-refractivity contribution < 1.29 is 9.63 Å². The van der Waals surface area contributed by atoms with E-state index in [0.717, 1.165) is 12.8 Å². The van der Waals surface area contributed by atoms with Crippen molar-refractivity contribution in [2.75, 3.05) is 6.61 Å². The van der Waals surface area contributed by atoms with Gasteiger partial charge in [-0.2, -0.15) is 0 Å². The predicted molar refractivity (Wildman–Crippen MR) is 41.7 cm³/mol. The van der Waals surface area contributed by atoms with E-state index in [2.05, 4.69) is 12.4 Å². The van der Waals surface area contributed by atoms with E-state index in [9.17, 15) is 4.79 Å². The second-order valence-electron chi connectivity index (χ2n) is 2.91. The fourth-order valence-electron chi connectivity index (χ4n) is 1.24. The van der Waals surface area contributed by atoms with Crippen LogP contribution in [0.25, 0.3) is 0 Å².